The van der Waals surface area contributed by atoms with Crippen molar-refractivity contribution in [2.24, 2.45) is 0 Å². The number of anilines is 3. The van der Waals surface area contributed by atoms with Gasteiger partial charge in [0.25, 0.3) is 0 Å². The number of hydrogen-bond acceptors (Lipinski definition) is 6. The fourth-order valence-corrected chi connectivity index (χ4v) is 7.58. The van der Waals surface area contributed by atoms with E-state index < -0.39 is 0 Å². The summed E-state index contributed by atoms with van der Waals surface area (Å²) >= 11 is 1.82. The van der Waals surface area contributed by atoms with Crippen molar-refractivity contribution in [2.75, 3.05) is 23.5 Å². The zero-order chi connectivity index (χ0) is 30.6. The lowest BCUT2D eigenvalue weighted by Gasteiger charge is -2.35. The van der Waals surface area contributed by atoms with Gasteiger partial charge in [0, 0.05) is 57.8 Å². The van der Waals surface area contributed by atoms with Gasteiger partial charge in [-0.05, 0) is 66.7 Å². The summed E-state index contributed by atoms with van der Waals surface area (Å²) in [5.41, 5.74) is 5.63. The lowest BCUT2D eigenvalue weighted by Crippen LogP contribution is -2.30. The second-order valence-corrected chi connectivity index (χ2v) is 12.6. The minimum atomic E-state index is 0.725. The molecule has 9 rings (SSSR count). The highest BCUT2D eigenvalue weighted by molar-refractivity contribution is 7.99. The molecule has 0 fully saturated rings. The molecular weight excluding hydrogens is 587 g/mol. The average Bonchev–Trinajstić information content (AvgIpc) is 3.65. The first-order valence-corrected chi connectivity index (χ1v) is 16.1. The quantitative estimate of drug-likeness (QED) is 0.192. The van der Waals surface area contributed by atoms with Gasteiger partial charge in [-0.1, -0.05) is 66.4 Å². The number of para-hydroxylation sites is 3. The van der Waals surface area contributed by atoms with E-state index in [1.807, 2.05) is 42.2 Å². The van der Waals surface area contributed by atoms with E-state index in [1.54, 1.807) is 0 Å². The molecule has 0 aliphatic carbocycles. The van der Waals surface area contributed by atoms with Crippen LogP contribution >= 0.6 is 11.8 Å². The standard InChI is InChI=1S/C39H29N5OS/c1-41-26-42(25-39(41)44-33-15-4-6-17-36(33)46-37-18-7-5-16-34(37)44)27-11-10-12-28(23-27)45-29-20-21-31-30-13-2-3-14-32(30)43(35(31)24-29)38-19-8-9-22-40-38/h2-25H,26H2,1H3. The van der Waals surface area contributed by atoms with E-state index in [4.69, 9.17) is 4.74 Å². The first-order valence-electron chi connectivity index (χ1n) is 15.3. The van der Waals surface area contributed by atoms with Crippen LogP contribution < -0.4 is 14.5 Å². The maximum Gasteiger partial charge on any atom is 0.137 e. The predicted octanol–water partition coefficient (Wildman–Crippen LogP) is 9.78. The number of fused-ring (bicyclic) bond motifs is 5. The molecule has 222 valence electrons. The zero-order valence-electron chi connectivity index (χ0n) is 25.1. The van der Waals surface area contributed by atoms with Gasteiger partial charge in [-0.15, -0.1) is 0 Å². The van der Waals surface area contributed by atoms with Gasteiger partial charge in [-0.2, -0.15) is 0 Å². The fourth-order valence-electron chi connectivity index (χ4n) is 6.52. The van der Waals surface area contributed by atoms with Crippen LogP contribution in [0.4, 0.5) is 17.1 Å². The maximum atomic E-state index is 6.53. The number of hydrogen-bond donors (Lipinski definition) is 0. The molecule has 5 aromatic carbocycles. The third kappa shape index (κ3) is 4.39. The summed E-state index contributed by atoms with van der Waals surface area (Å²) in [7, 11) is 2.15. The number of benzene rings is 5. The van der Waals surface area contributed by atoms with Crippen molar-refractivity contribution in [3.05, 3.63) is 152 Å². The Kier molecular flexibility index (Phi) is 6.24. The molecule has 7 aromatic rings. The van der Waals surface area contributed by atoms with Crippen molar-refractivity contribution in [1.82, 2.24) is 14.5 Å². The molecule has 2 aliphatic heterocycles. The Morgan fingerprint density at radius 3 is 2.17 bits per heavy atom. The third-order valence-corrected chi connectivity index (χ3v) is 9.73. The summed E-state index contributed by atoms with van der Waals surface area (Å²) in [5.74, 6) is 3.57. The fraction of sp³-hybridized carbons (Fsp3) is 0.0513. The Bertz CT molecular complexity index is 2250. The van der Waals surface area contributed by atoms with Crippen molar-refractivity contribution < 1.29 is 4.74 Å². The number of pyridine rings is 1. The van der Waals surface area contributed by atoms with Gasteiger partial charge in [0.2, 0.25) is 0 Å². The van der Waals surface area contributed by atoms with Crippen molar-refractivity contribution >= 4 is 50.6 Å². The van der Waals surface area contributed by atoms with E-state index in [-0.39, 0.29) is 0 Å². The maximum absolute atomic E-state index is 6.53. The highest BCUT2D eigenvalue weighted by atomic mass is 32.2. The summed E-state index contributed by atoms with van der Waals surface area (Å²) in [6.45, 7) is 0.725. The highest BCUT2D eigenvalue weighted by Gasteiger charge is 2.31. The van der Waals surface area contributed by atoms with Crippen LogP contribution in [0.5, 0.6) is 11.5 Å². The summed E-state index contributed by atoms with van der Waals surface area (Å²) in [6.07, 6.45) is 4.07. The summed E-state index contributed by atoms with van der Waals surface area (Å²) in [5, 5.41) is 2.36. The van der Waals surface area contributed by atoms with Crippen LogP contribution in [-0.2, 0) is 0 Å². The molecule has 4 heterocycles. The molecule has 0 spiro atoms. The SMILES string of the molecule is CN1CN(c2cccc(Oc3ccc4c5ccccc5n(-c5ccccn5)c4c3)c2)C=C1N1c2ccccc2Sc2ccccc21. The third-order valence-electron chi connectivity index (χ3n) is 8.60. The second kappa shape index (κ2) is 10.8. The summed E-state index contributed by atoms with van der Waals surface area (Å²) in [4.78, 5) is 14.1. The molecule has 6 nitrogen and oxygen atoms in total. The number of nitrogens with zero attached hydrogens (tertiary/aromatic N) is 5. The zero-order valence-corrected chi connectivity index (χ0v) is 25.9. The first-order chi connectivity index (χ1) is 22.7. The van der Waals surface area contributed by atoms with Crippen LogP contribution in [0.25, 0.3) is 27.6 Å². The van der Waals surface area contributed by atoms with Gasteiger partial charge in [0.05, 0.1) is 29.1 Å². The number of rotatable bonds is 5. The molecule has 0 unspecified atom stereocenters. The minimum absolute atomic E-state index is 0.725. The van der Waals surface area contributed by atoms with E-state index in [2.05, 4.69) is 147 Å². The van der Waals surface area contributed by atoms with Crippen LogP contribution in [-0.4, -0.2) is 28.2 Å². The van der Waals surface area contributed by atoms with Crippen LogP contribution in [0.2, 0.25) is 0 Å². The molecule has 0 bridgehead atoms. The van der Waals surface area contributed by atoms with Gasteiger partial charge >= 0.3 is 0 Å². The summed E-state index contributed by atoms with van der Waals surface area (Å²) in [6, 6.07) is 46.3. The normalized spacial score (nSPS) is 14.0. The number of ether oxygens (including phenoxy) is 1. The average molecular weight is 616 g/mol. The van der Waals surface area contributed by atoms with E-state index in [0.717, 1.165) is 46.5 Å². The molecule has 2 aliphatic rings. The predicted molar refractivity (Wildman–Crippen MR) is 187 cm³/mol. The Hall–Kier alpha value is -5.66. The van der Waals surface area contributed by atoms with Gasteiger partial charge < -0.3 is 14.5 Å². The Labute approximate surface area is 271 Å². The smallest absolute Gasteiger partial charge is 0.137 e. The minimum Gasteiger partial charge on any atom is -0.457 e. The molecule has 0 atom stereocenters. The van der Waals surface area contributed by atoms with E-state index >= 15 is 0 Å². The van der Waals surface area contributed by atoms with Crippen molar-refractivity contribution in [2.45, 2.75) is 9.79 Å². The first kappa shape index (κ1) is 26.7. The number of aromatic nitrogens is 2. The molecule has 2 aromatic heterocycles. The van der Waals surface area contributed by atoms with Crippen molar-refractivity contribution in [3.8, 4) is 17.3 Å². The van der Waals surface area contributed by atoms with Crippen LogP contribution in [0.3, 0.4) is 0 Å². The van der Waals surface area contributed by atoms with E-state index in [0.29, 0.717) is 0 Å². The molecular formula is C39H29N5OS. The molecule has 46 heavy (non-hydrogen) atoms. The van der Waals surface area contributed by atoms with Gasteiger partial charge in [-0.25, -0.2) is 4.98 Å². The van der Waals surface area contributed by atoms with Gasteiger partial charge in [0.15, 0.2) is 0 Å². The van der Waals surface area contributed by atoms with Crippen LogP contribution in [0.15, 0.2) is 161 Å². The Balaban J connectivity index is 1.06. The second-order valence-electron chi connectivity index (χ2n) is 11.5. The summed E-state index contributed by atoms with van der Waals surface area (Å²) < 4.78 is 8.73. The Morgan fingerprint density at radius 2 is 1.37 bits per heavy atom. The van der Waals surface area contributed by atoms with Crippen molar-refractivity contribution in [3.63, 3.8) is 0 Å². The van der Waals surface area contributed by atoms with Crippen LogP contribution in [0, 0.1) is 0 Å². The van der Waals surface area contributed by atoms with E-state index in [9.17, 15) is 0 Å². The largest absolute Gasteiger partial charge is 0.457 e. The molecule has 0 N–H and O–H groups in total. The Morgan fingerprint density at radius 1 is 0.652 bits per heavy atom. The molecule has 7 heteroatoms. The van der Waals surface area contributed by atoms with Crippen LogP contribution in [0.1, 0.15) is 0 Å². The molecule has 0 radical (unpaired) electrons. The highest BCUT2D eigenvalue weighted by Crippen LogP contribution is 2.50. The molecule has 0 saturated carbocycles. The lowest BCUT2D eigenvalue weighted by atomic mass is 10.1. The van der Waals surface area contributed by atoms with Gasteiger partial charge in [-0.3, -0.25) is 9.47 Å². The van der Waals surface area contributed by atoms with Gasteiger partial charge in [0.1, 0.15) is 23.1 Å². The molecule has 0 amide bonds. The van der Waals surface area contributed by atoms with E-state index in [1.165, 1.54) is 31.9 Å². The van der Waals surface area contributed by atoms with Crippen molar-refractivity contribution in [1.29, 1.82) is 0 Å². The lowest BCUT2D eigenvalue weighted by molar-refractivity contribution is 0.450. The topological polar surface area (TPSA) is 36.8 Å². The monoisotopic (exact) mass is 615 g/mol. The molecule has 0 saturated heterocycles.